The van der Waals surface area contributed by atoms with E-state index in [2.05, 4.69) is 5.32 Å². The molecule has 160 valence electrons. The van der Waals surface area contributed by atoms with Crippen LogP contribution in [0.2, 0.25) is 0 Å². The zero-order chi connectivity index (χ0) is 21.3. The summed E-state index contributed by atoms with van der Waals surface area (Å²) in [6.45, 7) is 1.64. The van der Waals surface area contributed by atoms with Crippen LogP contribution in [0.15, 0.2) is 54.6 Å². The molecule has 1 N–H and O–H groups in total. The predicted octanol–water partition coefficient (Wildman–Crippen LogP) is 3.94. The number of rotatable bonds is 7. The third-order valence-electron chi connectivity index (χ3n) is 6.22. The minimum absolute atomic E-state index is 0.168. The number of carbonyl (C=O) groups is 1. The van der Waals surface area contributed by atoms with Crippen molar-refractivity contribution >= 4 is 21.6 Å². The number of sulfonamides is 1. The molecule has 0 unspecified atom stereocenters. The van der Waals surface area contributed by atoms with E-state index < -0.39 is 16.1 Å². The third-order valence-corrected chi connectivity index (χ3v) is 7.47. The van der Waals surface area contributed by atoms with Crippen LogP contribution < -0.4 is 14.4 Å². The Hall–Kier alpha value is -2.54. The molecule has 0 aliphatic heterocycles. The molecule has 0 radical (unpaired) electrons. The number of para-hydroxylation sites is 1. The number of fused-ring (bicyclic) bond motifs is 2. The minimum atomic E-state index is -3.65. The highest BCUT2D eigenvalue weighted by molar-refractivity contribution is 7.92. The molecular weight excluding hydrogens is 400 g/mol. The largest absolute Gasteiger partial charge is 0.457 e. The molecule has 2 bridgehead atoms. The average molecular weight is 429 g/mol. The lowest BCUT2D eigenvalue weighted by Crippen LogP contribution is -2.51. The van der Waals surface area contributed by atoms with Crippen molar-refractivity contribution in [2.24, 2.45) is 11.8 Å². The molecule has 2 aromatic rings. The number of amides is 1. The fourth-order valence-electron chi connectivity index (χ4n) is 4.82. The Bertz CT molecular complexity index is 992. The first kappa shape index (κ1) is 20.7. The van der Waals surface area contributed by atoms with Crippen LogP contribution in [-0.2, 0) is 14.8 Å². The monoisotopic (exact) mass is 428 g/mol. The van der Waals surface area contributed by atoms with E-state index in [1.807, 2.05) is 30.3 Å². The Morgan fingerprint density at radius 1 is 1.03 bits per heavy atom. The van der Waals surface area contributed by atoms with Gasteiger partial charge >= 0.3 is 0 Å². The first-order valence-corrected chi connectivity index (χ1v) is 12.3. The van der Waals surface area contributed by atoms with E-state index in [9.17, 15) is 13.2 Å². The van der Waals surface area contributed by atoms with Crippen LogP contribution in [-0.4, -0.2) is 32.7 Å². The maximum absolute atomic E-state index is 12.9. The van der Waals surface area contributed by atoms with Crippen molar-refractivity contribution in [1.29, 1.82) is 0 Å². The second-order valence-electron chi connectivity index (χ2n) is 8.43. The molecule has 2 aromatic carbocycles. The van der Waals surface area contributed by atoms with Crippen LogP contribution in [0.1, 0.15) is 32.6 Å². The summed E-state index contributed by atoms with van der Waals surface area (Å²) in [5, 5.41) is 3.11. The van der Waals surface area contributed by atoms with Gasteiger partial charge in [0.2, 0.25) is 15.9 Å². The normalized spacial score (nSPS) is 23.7. The Morgan fingerprint density at radius 2 is 1.70 bits per heavy atom. The van der Waals surface area contributed by atoms with Crippen molar-refractivity contribution < 1.29 is 17.9 Å². The Morgan fingerprint density at radius 3 is 2.27 bits per heavy atom. The highest BCUT2D eigenvalue weighted by Crippen LogP contribution is 2.44. The lowest BCUT2D eigenvalue weighted by molar-refractivity contribution is -0.122. The van der Waals surface area contributed by atoms with Gasteiger partial charge in [0.1, 0.15) is 17.5 Å². The standard InChI is InChI=1S/C23H28N2O4S/c1-16(23(26)24-22-15-17-8-9-18(22)14-17)25(30(2,27)28)19-10-12-21(13-11-19)29-20-6-4-3-5-7-20/h3-7,10-13,16-18,22H,8-9,14-15H2,1-2H3,(H,24,26)/t16-,17+,18+,22-/m0/s1. The van der Waals surface area contributed by atoms with Gasteiger partial charge in [0.15, 0.2) is 0 Å². The summed E-state index contributed by atoms with van der Waals surface area (Å²) in [7, 11) is -3.65. The number of hydrogen-bond acceptors (Lipinski definition) is 4. The van der Waals surface area contributed by atoms with Gasteiger partial charge in [-0.1, -0.05) is 24.6 Å². The second-order valence-corrected chi connectivity index (χ2v) is 10.3. The van der Waals surface area contributed by atoms with Crippen LogP contribution in [0, 0.1) is 11.8 Å². The van der Waals surface area contributed by atoms with Crippen molar-refractivity contribution in [1.82, 2.24) is 5.32 Å². The third kappa shape index (κ3) is 4.46. The maximum Gasteiger partial charge on any atom is 0.243 e. The van der Waals surface area contributed by atoms with Gasteiger partial charge < -0.3 is 10.1 Å². The van der Waals surface area contributed by atoms with E-state index in [1.165, 1.54) is 17.1 Å². The number of hydrogen-bond donors (Lipinski definition) is 1. The molecule has 6 nitrogen and oxygen atoms in total. The highest BCUT2D eigenvalue weighted by Gasteiger charge is 2.41. The van der Waals surface area contributed by atoms with Gasteiger partial charge in [-0.05, 0) is 74.4 Å². The highest BCUT2D eigenvalue weighted by atomic mass is 32.2. The number of ether oxygens (including phenoxy) is 1. The van der Waals surface area contributed by atoms with E-state index in [0.29, 0.717) is 29.0 Å². The average Bonchev–Trinajstić information content (AvgIpc) is 3.32. The van der Waals surface area contributed by atoms with E-state index in [-0.39, 0.29) is 11.9 Å². The molecule has 0 aromatic heterocycles. The van der Waals surface area contributed by atoms with E-state index in [0.717, 1.165) is 19.1 Å². The molecule has 0 spiro atoms. The summed E-state index contributed by atoms with van der Waals surface area (Å²) in [5.41, 5.74) is 0.438. The van der Waals surface area contributed by atoms with Gasteiger partial charge in [0, 0.05) is 6.04 Å². The SMILES string of the molecule is C[C@@H](C(=O)N[C@H]1C[C@@H]2CC[C@@H]1C2)N(c1ccc(Oc2ccccc2)cc1)S(C)(=O)=O. The molecule has 2 saturated carbocycles. The quantitative estimate of drug-likeness (QED) is 0.725. The van der Waals surface area contributed by atoms with Crippen molar-refractivity contribution in [3.63, 3.8) is 0 Å². The molecule has 4 atom stereocenters. The topological polar surface area (TPSA) is 75.7 Å². The van der Waals surface area contributed by atoms with Crippen LogP contribution in [0.5, 0.6) is 11.5 Å². The van der Waals surface area contributed by atoms with Gasteiger partial charge in [0.25, 0.3) is 0 Å². The van der Waals surface area contributed by atoms with E-state index in [1.54, 1.807) is 31.2 Å². The molecule has 1 amide bonds. The second kappa shape index (κ2) is 8.30. The molecule has 0 saturated heterocycles. The summed E-state index contributed by atoms with van der Waals surface area (Å²) in [6, 6.07) is 15.4. The number of nitrogens with zero attached hydrogens (tertiary/aromatic N) is 1. The lowest BCUT2D eigenvalue weighted by atomic mass is 9.95. The van der Waals surface area contributed by atoms with Crippen molar-refractivity contribution in [3.8, 4) is 11.5 Å². The van der Waals surface area contributed by atoms with Crippen LogP contribution >= 0.6 is 0 Å². The molecule has 2 aliphatic carbocycles. The molecule has 7 heteroatoms. The molecule has 4 rings (SSSR count). The van der Waals surface area contributed by atoms with E-state index >= 15 is 0 Å². The van der Waals surface area contributed by atoms with Crippen molar-refractivity contribution in [2.75, 3.05) is 10.6 Å². The van der Waals surface area contributed by atoms with Crippen molar-refractivity contribution in [3.05, 3.63) is 54.6 Å². The van der Waals surface area contributed by atoms with Gasteiger partial charge in [-0.25, -0.2) is 8.42 Å². The van der Waals surface area contributed by atoms with Crippen LogP contribution in [0.4, 0.5) is 5.69 Å². The maximum atomic E-state index is 12.9. The fourth-order valence-corrected chi connectivity index (χ4v) is 5.99. The smallest absolute Gasteiger partial charge is 0.243 e. The van der Waals surface area contributed by atoms with Crippen LogP contribution in [0.25, 0.3) is 0 Å². The lowest BCUT2D eigenvalue weighted by Gasteiger charge is -2.31. The van der Waals surface area contributed by atoms with Crippen molar-refractivity contribution in [2.45, 2.75) is 44.7 Å². The zero-order valence-electron chi connectivity index (χ0n) is 17.3. The molecule has 0 heterocycles. The first-order valence-electron chi connectivity index (χ1n) is 10.4. The van der Waals surface area contributed by atoms with Gasteiger partial charge in [-0.3, -0.25) is 9.10 Å². The summed E-state index contributed by atoms with van der Waals surface area (Å²) in [5.74, 6) is 2.29. The Kier molecular flexibility index (Phi) is 5.73. The Labute approximate surface area is 178 Å². The van der Waals surface area contributed by atoms with Crippen LogP contribution in [0.3, 0.4) is 0 Å². The van der Waals surface area contributed by atoms with Gasteiger partial charge in [0.05, 0.1) is 11.9 Å². The first-order chi connectivity index (χ1) is 14.3. The minimum Gasteiger partial charge on any atom is -0.457 e. The molecule has 2 fully saturated rings. The fraction of sp³-hybridized carbons (Fsp3) is 0.435. The predicted molar refractivity (Wildman–Crippen MR) is 117 cm³/mol. The number of benzene rings is 2. The summed E-state index contributed by atoms with van der Waals surface area (Å²) < 4.78 is 32.0. The molecule has 2 aliphatic rings. The molecule has 30 heavy (non-hydrogen) atoms. The van der Waals surface area contributed by atoms with E-state index in [4.69, 9.17) is 4.74 Å². The molecular formula is C23H28N2O4S. The zero-order valence-corrected chi connectivity index (χ0v) is 18.1. The Balaban J connectivity index is 1.48. The number of nitrogens with one attached hydrogen (secondary N) is 1. The van der Waals surface area contributed by atoms with Gasteiger partial charge in [-0.15, -0.1) is 0 Å². The number of carbonyl (C=O) groups excluding carboxylic acids is 1. The van der Waals surface area contributed by atoms with Gasteiger partial charge in [-0.2, -0.15) is 0 Å². The summed E-state index contributed by atoms with van der Waals surface area (Å²) in [6.07, 6.45) is 5.72. The summed E-state index contributed by atoms with van der Waals surface area (Å²) in [4.78, 5) is 12.9. The summed E-state index contributed by atoms with van der Waals surface area (Å²) >= 11 is 0. The number of anilines is 1.